The van der Waals surface area contributed by atoms with Crippen molar-refractivity contribution in [2.24, 2.45) is 0 Å². The van der Waals surface area contributed by atoms with E-state index in [4.69, 9.17) is 14.6 Å². The van der Waals surface area contributed by atoms with Crippen molar-refractivity contribution < 1.29 is 23.8 Å². The van der Waals surface area contributed by atoms with Crippen LogP contribution in [0.5, 0.6) is 11.5 Å². The number of ether oxygens (including phenoxy) is 2. The van der Waals surface area contributed by atoms with E-state index >= 15 is 4.39 Å². The molecular weight excluding hydrogens is 347 g/mol. The zero-order valence-corrected chi connectivity index (χ0v) is 15.9. The summed E-state index contributed by atoms with van der Waals surface area (Å²) in [6.45, 7) is 6.69. The average Bonchev–Trinajstić information content (AvgIpc) is 2.66. The normalized spacial score (nSPS) is 16.0. The van der Waals surface area contributed by atoms with E-state index in [2.05, 4.69) is 13.8 Å². The van der Waals surface area contributed by atoms with Crippen LogP contribution in [0.4, 0.5) is 4.39 Å². The summed E-state index contributed by atoms with van der Waals surface area (Å²) in [5.41, 5.74) is 2.52. The number of carbonyl (C=O) groups is 1. The summed E-state index contributed by atoms with van der Waals surface area (Å²) < 4.78 is 26.2. The molecule has 4 nitrogen and oxygen atoms in total. The first-order valence-corrected chi connectivity index (χ1v) is 8.80. The van der Waals surface area contributed by atoms with Crippen LogP contribution in [0.25, 0.3) is 11.4 Å². The van der Waals surface area contributed by atoms with E-state index in [0.29, 0.717) is 12.2 Å². The van der Waals surface area contributed by atoms with E-state index in [9.17, 15) is 4.79 Å². The molecule has 1 heterocycles. The number of allylic oxidation sites excluding steroid dienone is 1. The number of carboxylic acids is 1. The van der Waals surface area contributed by atoms with Crippen LogP contribution in [0, 0.1) is 0 Å². The van der Waals surface area contributed by atoms with Gasteiger partial charge in [-0.25, -0.2) is 9.18 Å². The third-order valence-corrected chi connectivity index (χ3v) is 5.14. The third-order valence-electron chi connectivity index (χ3n) is 5.14. The first kappa shape index (κ1) is 19.0. The third kappa shape index (κ3) is 3.54. The maximum absolute atomic E-state index is 15.2. The van der Waals surface area contributed by atoms with Gasteiger partial charge < -0.3 is 14.6 Å². The molecule has 0 unspecified atom stereocenters. The Kier molecular flexibility index (Phi) is 4.96. The van der Waals surface area contributed by atoms with Crippen molar-refractivity contribution in [3.05, 3.63) is 58.7 Å². The van der Waals surface area contributed by atoms with Gasteiger partial charge in [-0.1, -0.05) is 19.9 Å². The van der Waals surface area contributed by atoms with Crippen LogP contribution < -0.4 is 9.47 Å². The predicted molar refractivity (Wildman–Crippen MR) is 103 cm³/mol. The molecule has 0 fully saturated rings. The highest BCUT2D eigenvalue weighted by Crippen LogP contribution is 2.41. The Morgan fingerprint density at radius 3 is 2.56 bits per heavy atom. The second-order valence-electron chi connectivity index (χ2n) is 7.35. The molecule has 0 aliphatic carbocycles. The summed E-state index contributed by atoms with van der Waals surface area (Å²) in [7, 11) is 1.39. The van der Waals surface area contributed by atoms with E-state index in [0.717, 1.165) is 23.3 Å². The fourth-order valence-corrected chi connectivity index (χ4v) is 3.30. The zero-order valence-electron chi connectivity index (χ0n) is 15.9. The molecule has 27 heavy (non-hydrogen) atoms. The number of aromatic carboxylic acids is 1. The van der Waals surface area contributed by atoms with Gasteiger partial charge in [0.25, 0.3) is 0 Å². The molecule has 2 aromatic carbocycles. The van der Waals surface area contributed by atoms with Gasteiger partial charge in [0.1, 0.15) is 17.3 Å². The first-order chi connectivity index (χ1) is 12.7. The van der Waals surface area contributed by atoms with E-state index < -0.39 is 11.8 Å². The first-order valence-electron chi connectivity index (χ1n) is 8.80. The van der Waals surface area contributed by atoms with E-state index in [1.165, 1.54) is 25.3 Å². The van der Waals surface area contributed by atoms with Crippen molar-refractivity contribution in [2.75, 3.05) is 13.7 Å². The van der Waals surface area contributed by atoms with Crippen LogP contribution in [-0.4, -0.2) is 24.8 Å². The van der Waals surface area contributed by atoms with Crippen LogP contribution in [0.2, 0.25) is 0 Å². The monoisotopic (exact) mass is 370 g/mol. The maximum atomic E-state index is 15.2. The number of fused-ring (bicyclic) bond motifs is 1. The number of benzene rings is 2. The van der Waals surface area contributed by atoms with Crippen molar-refractivity contribution in [1.82, 2.24) is 0 Å². The standard InChI is InChI=1S/C22H23FO4/c1-13(14-6-8-18-17(11-14)22(2,3)9-10-27-18)20(23)16-7-5-15(21(24)25)12-19(16)26-4/h5-8,11-12H,9-10H2,1-4H3,(H,24,25). The summed E-state index contributed by atoms with van der Waals surface area (Å²) in [6.07, 6.45) is 0.902. The highest BCUT2D eigenvalue weighted by molar-refractivity contribution is 5.92. The lowest BCUT2D eigenvalue weighted by Gasteiger charge is -2.32. The second-order valence-corrected chi connectivity index (χ2v) is 7.35. The van der Waals surface area contributed by atoms with Gasteiger partial charge in [0, 0.05) is 5.56 Å². The number of methoxy groups -OCH3 is 1. The lowest BCUT2D eigenvalue weighted by Crippen LogP contribution is -2.26. The minimum atomic E-state index is -1.09. The van der Waals surface area contributed by atoms with Gasteiger partial charge in [-0.15, -0.1) is 0 Å². The predicted octanol–water partition coefficient (Wildman–Crippen LogP) is 5.31. The second kappa shape index (κ2) is 7.06. The fraction of sp³-hybridized carbons (Fsp3) is 0.318. The van der Waals surface area contributed by atoms with E-state index in [1.54, 1.807) is 6.92 Å². The molecule has 3 rings (SSSR count). The van der Waals surface area contributed by atoms with Crippen molar-refractivity contribution in [2.45, 2.75) is 32.6 Å². The zero-order chi connectivity index (χ0) is 19.8. The smallest absolute Gasteiger partial charge is 0.335 e. The Morgan fingerprint density at radius 1 is 1.19 bits per heavy atom. The largest absolute Gasteiger partial charge is 0.496 e. The van der Waals surface area contributed by atoms with Crippen molar-refractivity contribution in [1.29, 1.82) is 0 Å². The molecule has 0 amide bonds. The molecule has 0 spiro atoms. The average molecular weight is 370 g/mol. The topological polar surface area (TPSA) is 55.8 Å². The summed E-state index contributed by atoms with van der Waals surface area (Å²) in [4.78, 5) is 11.1. The van der Waals surface area contributed by atoms with Crippen LogP contribution in [-0.2, 0) is 5.41 Å². The van der Waals surface area contributed by atoms with Crippen molar-refractivity contribution >= 4 is 17.4 Å². The molecule has 2 aromatic rings. The molecule has 0 saturated carbocycles. The minimum absolute atomic E-state index is 0.0405. The maximum Gasteiger partial charge on any atom is 0.335 e. The number of halogens is 1. The van der Waals surface area contributed by atoms with E-state index in [1.807, 2.05) is 18.2 Å². The Balaban J connectivity index is 2.08. The van der Waals surface area contributed by atoms with Gasteiger partial charge >= 0.3 is 5.97 Å². The summed E-state index contributed by atoms with van der Waals surface area (Å²) in [5.74, 6) is -0.504. The molecular formula is C22H23FO4. The highest BCUT2D eigenvalue weighted by atomic mass is 19.1. The molecule has 0 bridgehead atoms. The van der Waals surface area contributed by atoms with Gasteiger partial charge in [-0.3, -0.25) is 0 Å². The van der Waals surface area contributed by atoms with Crippen molar-refractivity contribution in [3.63, 3.8) is 0 Å². The SMILES string of the molecule is COc1cc(C(=O)O)ccc1C(F)=C(C)c1ccc2c(c1)C(C)(C)CCO2. The Hall–Kier alpha value is -2.82. The Labute approximate surface area is 158 Å². The number of rotatable bonds is 4. The van der Waals surface area contributed by atoms with Gasteiger partial charge in [-0.2, -0.15) is 0 Å². The molecule has 1 aliphatic rings. The molecule has 0 radical (unpaired) electrons. The lowest BCUT2D eigenvalue weighted by atomic mass is 9.79. The molecule has 0 saturated heterocycles. The van der Waals surface area contributed by atoms with Crippen LogP contribution >= 0.6 is 0 Å². The van der Waals surface area contributed by atoms with Crippen molar-refractivity contribution in [3.8, 4) is 11.5 Å². The molecule has 0 aromatic heterocycles. The molecule has 0 atom stereocenters. The molecule has 1 aliphatic heterocycles. The van der Waals surface area contributed by atoms with Crippen LogP contribution in [0.1, 0.15) is 54.2 Å². The number of hydrogen-bond acceptors (Lipinski definition) is 3. The molecule has 142 valence electrons. The Morgan fingerprint density at radius 2 is 1.89 bits per heavy atom. The van der Waals surface area contributed by atoms with Gasteiger partial charge in [-0.05, 0) is 60.2 Å². The molecule has 1 N–H and O–H groups in total. The molecule has 5 heteroatoms. The summed E-state index contributed by atoms with van der Waals surface area (Å²) in [6, 6.07) is 9.83. The number of carboxylic acid groups (broad SMARTS) is 1. The van der Waals surface area contributed by atoms with Crippen LogP contribution in [0.15, 0.2) is 36.4 Å². The fourth-order valence-electron chi connectivity index (χ4n) is 3.30. The van der Waals surface area contributed by atoms with Crippen LogP contribution in [0.3, 0.4) is 0 Å². The summed E-state index contributed by atoms with van der Waals surface area (Å²) >= 11 is 0. The quantitative estimate of drug-likeness (QED) is 0.741. The number of hydrogen-bond donors (Lipinski definition) is 1. The lowest BCUT2D eigenvalue weighted by molar-refractivity contribution is 0.0696. The highest BCUT2D eigenvalue weighted by Gasteiger charge is 2.29. The van der Waals surface area contributed by atoms with Gasteiger partial charge in [0.2, 0.25) is 0 Å². The van der Waals surface area contributed by atoms with Gasteiger partial charge in [0.15, 0.2) is 0 Å². The Bertz CT molecular complexity index is 928. The summed E-state index contributed by atoms with van der Waals surface area (Å²) in [5, 5.41) is 9.11. The van der Waals surface area contributed by atoms with Gasteiger partial charge in [0.05, 0.1) is 24.8 Å². The minimum Gasteiger partial charge on any atom is -0.496 e. The van der Waals surface area contributed by atoms with E-state index in [-0.39, 0.29) is 22.3 Å².